The van der Waals surface area contributed by atoms with E-state index in [4.69, 9.17) is 4.74 Å². The lowest BCUT2D eigenvalue weighted by Crippen LogP contribution is -2.39. The van der Waals surface area contributed by atoms with E-state index in [1.165, 1.54) is 18.4 Å². The highest BCUT2D eigenvalue weighted by atomic mass is 16.5. The van der Waals surface area contributed by atoms with Crippen LogP contribution in [-0.2, 0) is 9.53 Å². The standard InChI is InChI=1S/C16H28N2O2/c1-13(15-4-3-7-17-11-15)10-16(19)18-8-5-14(6-9-18)12-20-2/h5,13,15,17H,3-4,6-12H2,1-2H3. The van der Waals surface area contributed by atoms with E-state index in [-0.39, 0.29) is 0 Å². The first kappa shape index (κ1) is 15.5. The maximum absolute atomic E-state index is 12.4. The van der Waals surface area contributed by atoms with E-state index >= 15 is 0 Å². The van der Waals surface area contributed by atoms with Crippen LogP contribution in [0.2, 0.25) is 0 Å². The van der Waals surface area contributed by atoms with Crippen molar-refractivity contribution in [3.8, 4) is 0 Å². The molecule has 1 N–H and O–H groups in total. The van der Waals surface area contributed by atoms with Crippen LogP contribution in [0.4, 0.5) is 0 Å². The first-order valence-electron chi connectivity index (χ1n) is 7.86. The van der Waals surface area contributed by atoms with Gasteiger partial charge in [0.1, 0.15) is 0 Å². The van der Waals surface area contributed by atoms with Crippen molar-refractivity contribution >= 4 is 5.91 Å². The molecule has 1 fully saturated rings. The van der Waals surface area contributed by atoms with E-state index in [0.717, 1.165) is 32.6 Å². The minimum atomic E-state index is 0.316. The third kappa shape index (κ3) is 4.32. The molecule has 0 bridgehead atoms. The van der Waals surface area contributed by atoms with Crippen LogP contribution in [0, 0.1) is 11.8 Å². The third-order valence-electron chi connectivity index (χ3n) is 4.62. The van der Waals surface area contributed by atoms with Crippen LogP contribution >= 0.6 is 0 Å². The summed E-state index contributed by atoms with van der Waals surface area (Å²) in [6.45, 7) is 6.75. The molecule has 0 aromatic heterocycles. The van der Waals surface area contributed by atoms with Gasteiger partial charge in [-0.3, -0.25) is 4.79 Å². The van der Waals surface area contributed by atoms with Gasteiger partial charge in [-0.25, -0.2) is 0 Å². The molecule has 2 aliphatic heterocycles. The van der Waals surface area contributed by atoms with Crippen molar-refractivity contribution < 1.29 is 9.53 Å². The Labute approximate surface area is 122 Å². The Kier molecular flexibility index (Phi) is 6.05. The Bertz CT molecular complexity index is 348. The molecule has 2 atom stereocenters. The van der Waals surface area contributed by atoms with E-state index in [2.05, 4.69) is 18.3 Å². The molecule has 2 unspecified atom stereocenters. The summed E-state index contributed by atoms with van der Waals surface area (Å²) < 4.78 is 5.14. The number of rotatable bonds is 5. The van der Waals surface area contributed by atoms with Gasteiger partial charge < -0.3 is 15.0 Å². The lowest BCUT2D eigenvalue weighted by Gasteiger charge is -2.31. The van der Waals surface area contributed by atoms with Gasteiger partial charge in [0.15, 0.2) is 0 Å². The maximum atomic E-state index is 12.4. The van der Waals surface area contributed by atoms with Gasteiger partial charge in [0.25, 0.3) is 0 Å². The summed E-state index contributed by atoms with van der Waals surface area (Å²) in [7, 11) is 1.72. The molecule has 0 spiro atoms. The van der Waals surface area contributed by atoms with Crippen LogP contribution in [0.15, 0.2) is 11.6 Å². The topological polar surface area (TPSA) is 41.6 Å². The molecular weight excluding hydrogens is 252 g/mol. The number of nitrogens with one attached hydrogen (secondary N) is 1. The van der Waals surface area contributed by atoms with E-state index in [0.29, 0.717) is 30.8 Å². The van der Waals surface area contributed by atoms with E-state index in [1.54, 1.807) is 7.11 Å². The second-order valence-electron chi connectivity index (χ2n) is 6.17. The van der Waals surface area contributed by atoms with E-state index in [1.807, 2.05) is 4.90 Å². The number of carbonyl (C=O) groups excluding carboxylic acids is 1. The van der Waals surface area contributed by atoms with Gasteiger partial charge in [0.05, 0.1) is 6.61 Å². The smallest absolute Gasteiger partial charge is 0.223 e. The van der Waals surface area contributed by atoms with Gasteiger partial charge in [-0.1, -0.05) is 13.0 Å². The summed E-state index contributed by atoms with van der Waals surface area (Å²) in [4.78, 5) is 14.4. The van der Waals surface area contributed by atoms with Crippen molar-refractivity contribution in [3.63, 3.8) is 0 Å². The molecule has 4 heteroatoms. The number of hydrogen-bond acceptors (Lipinski definition) is 3. The highest BCUT2D eigenvalue weighted by molar-refractivity contribution is 5.76. The fourth-order valence-electron chi connectivity index (χ4n) is 3.19. The molecule has 4 nitrogen and oxygen atoms in total. The molecule has 0 saturated carbocycles. The largest absolute Gasteiger partial charge is 0.380 e. The number of methoxy groups -OCH3 is 1. The summed E-state index contributed by atoms with van der Waals surface area (Å²) in [6, 6.07) is 0. The van der Waals surface area contributed by atoms with Crippen LogP contribution < -0.4 is 5.32 Å². The number of ether oxygens (including phenoxy) is 1. The zero-order chi connectivity index (χ0) is 14.4. The molecule has 2 rings (SSSR count). The van der Waals surface area contributed by atoms with Gasteiger partial charge >= 0.3 is 0 Å². The summed E-state index contributed by atoms with van der Waals surface area (Å²) in [5, 5.41) is 3.44. The third-order valence-corrected chi connectivity index (χ3v) is 4.62. The van der Waals surface area contributed by atoms with Crippen LogP contribution in [0.5, 0.6) is 0 Å². The lowest BCUT2D eigenvalue weighted by molar-refractivity contribution is -0.132. The minimum absolute atomic E-state index is 0.316. The molecule has 114 valence electrons. The number of piperidine rings is 1. The first-order chi connectivity index (χ1) is 9.70. The van der Waals surface area contributed by atoms with Gasteiger partial charge in [-0.2, -0.15) is 0 Å². The predicted molar refractivity (Wildman–Crippen MR) is 80.5 cm³/mol. The number of amides is 1. The fourth-order valence-corrected chi connectivity index (χ4v) is 3.19. The van der Waals surface area contributed by atoms with Crippen molar-refractivity contribution in [2.24, 2.45) is 11.8 Å². The monoisotopic (exact) mass is 280 g/mol. The van der Waals surface area contributed by atoms with E-state index in [9.17, 15) is 4.79 Å². The second-order valence-corrected chi connectivity index (χ2v) is 6.17. The summed E-state index contributed by atoms with van der Waals surface area (Å²) in [6.07, 6.45) is 6.31. The molecule has 0 radical (unpaired) electrons. The van der Waals surface area contributed by atoms with Crippen molar-refractivity contribution in [3.05, 3.63) is 11.6 Å². The lowest BCUT2D eigenvalue weighted by atomic mass is 9.85. The highest BCUT2D eigenvalue weighted by Crippen LogP contribution is 2.24. The maximum Gasteiger partial charge on any atom is 0.223 e. The Balaban J connectivity index is 1.77. The first-order valence-corrected chi connectivity index (χ1v) is 7.86. The summed E-state index contributed by atoms with van der Waals surface area (Å²) in [5.74, 6) is 1.47. The van der Waals surface area contributed by atoms with Crippen LogP contribution in [0.25, 0.3) is 0 Å². The Morgan fingerprint density at radius 2 is 2.45 bits per heavy atom. The van der Waals surface area contributed by atoms with Crippen LogP contribution in [0.1, 0.15) is 32.6 Å². The van der Waals surface area contributed by atoms with Crippen LogP contribution in [0.3, 0.4) is 0 Å². The van der Waals surface area contributed by atoms with E-state index < -0.39 is 0 Å². The van der Waals surface area contributed by atoms with Gasteiger partial charge in [-0.15, -0.1) is 0 Å². The van der Waals surface area contributed by atoms with Crippen molar-refractivity contribution in [1.82, 2.24) is 10.2 Å². The normalized spacial score (nSPS) is 25.2. The molecule has 0 aliphatic carbocycles. The van der Waals surface area contributed by atoms with Crippen molar-refractivity contribution in [2.75, 3.05) is 39.9 Å². The van der Waals surface area contributed by atoms with Gasteiger partial charge in [0.2, 0.25) is 5.91 Å². The minimum Gasteiger partial charge on any atom is -0.380 e. The molecule has 1 saturated heterocycles. The van der Waals surface area contributed by atoms with Crippen molar-refractivity contribution in [2.45, 2.75) is 32.6 Å². The Morgan fingerprint density at radius 1 is 1.60 bits per heavy atom. The van der Waals surface area contributed by atoms with Crippen LogP contribution in [-0.4, -0.2) is 50.7 Å². The number of carbonyl (C=O) groups is 1. The zero-order valence-electron chi connectivity index (χ0n) is 12.9. The molecule has 1 amide bonds. The fraction of sp³-hybridized carbons (Fsp3) is 0.812. The molecular formula is C16H28N2O2. The SMILES string of the molecule is COCC1=CCN(C(=O)CC(C)C2CCCNC2)CC1. The predicted octanol–water partition coefficient (Wildman–Crippen LogP) is 1.82. The van der Waals surface area contributed by atoms with Gasteiger partial charge in [0, 0.05) is 26.6 Å². The Morgan fingerprint density at radius 3 is 3.05 bits per heavy atom. The summed E-state index contributed by atoms with van der Waals surface area (Å²) in [5.41, 5.74) is 1.32. The molecule has 2 heterocycles. The molecule has 20 heavy (non-hydrogen) atoms. The summed E-state index contributed by atoms with van der Waals surface area (Å²) >= 11 is 0. The molecule has 0 aromatic rings. The zero-order valence-corrected chi connectivity index (χ0v) is 12.9. The molecule has 0 aromatic carbocycles. The van der Waals surface area contributed by atoms with Gasteiger partial charge in [-0.05, 0) is 49.8 Å². The average molecular weight is 280 g/mol. The second kappa shape index (κ2) is 7.79. The average Bonchev–Trinajstić information content (AvgIpc) is 2.49. The number of hydrogen-bond donors (Lipinski definition) is 1. The highest BCUT2D eigenvalue weighted by Gasteiger charge is 2.25. The Hall–Kier alpha value is -0.870. The quantitative estimate of drug-likeness (QED) is 0.781. The van der Waals surface area contributed by atoms with Crippen molar-refractivity contribution in [1.29, 1.82) is 0 Å². The number of nitrogens with zero attached hydrogens (tertiary/aromatic N) is 1. The molecule has 2 aliphatic rings.